The Hall–Kier alpha value is -3.01. The molecular weight excluding hydrogens is 391 g/mol. The van der Waals surface area contributed by atoms with Crippen LogP contribution < -0.4 is 11.2 Å². The Labute approximate surface area is 162 Å². The van der Waals surface area contributed by atoms with Crippen molar-refractivity contribution in [1.82, 2.24) is 14.9 Å². The van der Waals surface area contributed by atoms with Gasteiger partial charge < -0.3 is 11.2 Å². The summed E-state index contributed by atoms with van der Waals surface area (Å²) in [6.07, 6.45) is -4.74. The molecule has 3 rings (SSSR count). The normalized spacial score (nSPS) is 12.6. The van der Waals surface area contributed by atoms with Gasteiger partial charge in [0.05, 0.1) is 0 Å². The lowest BCUT2D eigenvalue weighted by molar-refractivity contribution is -0.146. The van der Waals surface area contributed by atoms with Crippen LogP contribution in [0.3, 0.4) is 0 Å². The van der Waals surface area contributed by atoms with Gasteiger partial charge in [0.1, 0.15) is 5.25 Å². The minimum Gasteiger partial charge on any atom is -0.335 e. The third-order valence-corrected chi connectivity index (χ3v) is 5.01. The number of anilines is 1. The number of nitrogens with two attached hydrogens (primary N) is 1. The molecule has 0 saturated heterocycles. The van der Waals surface area contributed by atoms with Gasteiger partial charge in [-0.05, 0) is 24.6 Å². The number of hydrogen-bond donors (Lipinski definition) is 2. The number of rotatable bonds is 5. The molecule has 0 aliphatic carbocycles. The van der Waals surface area contributed by atoms with Gasteiger partial charge >= 0.3 is 6.18 Å². The molecule has 0 fully saturated rings. The fourth-order valence-electron chi connectivity index (χ4n) is 2.40. The van der Waals surface area contributed by atoms with Gasteiger partial charge in [-0.25, -0.2) is 4.68 Å². The van der Waals surface area contributed by atoms with Gasteiger partial charge in [-0.15, -0.1) is 10.2 Å². The van der Waals surface area contributed by atoms with E-state index in [9.17, 15) is 18.0 Å². The van der Waals surface area contributed by atoms with Crippen LogP contribution >= 0.6 is 11.8 Å². The Kier molecular flexibility index (Phi) is 5.59. The van der Waals surface area contributed by atoms with Crippen LogP contribution in [-0.4, -0.2) is 20.8 Å². The van der Waals surface area contributed by atoms with Crippen LogP contribution in [0.5, 0.6) is 0 Å². The maximum Gasteiger partial charge on any atom is 0.453 e. The highest BCUT2D eigenvalue weighted by Gasteiger charge is 2.39. The van der Waals surface area contributed by atoms with Gasteiger partial charge in [0.25, 0.3) is 5.82 Å². The molecule has 0 radical (unpaired) electrons. The van der Waals surface area contributed by atoms with Crippen LogP contribution in [0, 0.1) is 6.92 Å². The average molecular weight is 407 g/mol. The van der Waals surface area contributed by atoms with E-state index >= 15 is 0 Å². The molecule has 1 heterocycles. The van der Waals surface area contributed by atoms with Gasteiger partial charge in [-0.1, -0.05) is 59.8 Å². The minimum atomic E-state index is -4.74. The summed E-state index contributed by atoms with van der Waals surface area (Å²) < 4.78 is 39.1. The summed E-state index contributed by atoms with van der Waals surface area (Å²) in [7, 11) is 0. The molecule has 28 heavy (non-hydrogen) atoms. The van der Waals surface area contributed by atoms with Gasteiger partial charge in [-0.3, -0.25) is 4.79 Å². The quantitative estimate of drug-likeness (QED) is 0.496. The number of alkyl halides is 3. The van der Waals surface area contributed by atoms with Crippen LogP contribution in [0.15, 0.2) is 59.8 Å². The second-order valence-corrected chi connectivity index (χ2v) is 7.01. The molecule has 0 saturated carbocycles. The second kappa shape index (κ2) is 7.93. The summed E-state index contributed by atoms with van der Waals surface area (Å²) in [4.78, 5) is 12.9. The molecule has 146 valence electrons. The predicted octanol–water partition coefficient (Wildman–Crippen LogP) is 3.79. The Morgan fingerprint density at radius 2 is 1.75 bits per heavy atom. The van der Waals surface area contributed by atoms with Crippen molar-refractivity contribution in [2.45, 2.75) is 23.5 Å². The average Bonchev–Trinajstić information content (AvgIpc) is 3.03. The fraction of sp³-hybridized carbons (Fsp3) is 0.167. The van der Waals surface area contributed by atoms with Crippen molar-refractivity contribution >= 4 is 23.4 Å². The molecule has 1 amide bonds. The number of nitrogen functional groups attached to an aromatic ring is 1. The van der Waals surface area contributed by atoms with E-state index in [-0.39, 0.29) is 5.16 Å². The number of aryl methyl sites for hydroxylation is 1. The second-order valence-electron chi connectivity index (χ2n) is 5.94. The first-order chi connectivity index (χ1) is 13.3. The van der Waals surface area contributed by atoms with Crippen LogP contribution in [-0.2, 0) is 11.0 Å². The number of amides is 1. The maximum absolute atomic E-state index is 12.9. The summed E-state index contributed by atoms with van der Waals surface area (Å²) in [6.45, 7) is 1.92. The van der Waals surface area contributed by atoms with Crippen molar-refractivity contribution in [2.75, 3.05) is 11.2 Å². The number of aromatic nitrogens is 3. The molecule has 0 aliphatic rings. The van der Waals surface area contributed by atoms with Crippen LogP contribution in [0.4, 0.5) is 18.9 Å². The van der Waals surface area contributed by atoms with Gasteiger partial charge in [0, 0.05) is 5.69 Å². The largest absolute Gasteiger partial charge is 0.453 e. The molecule has 0 aliphatic heterocycles. The number of nitrogens with one attached hydrogen (secondary N) is 1. The van der Waals surface area contributed by atoms with Gasteiger partial charge in [0.15, 0.2) is 0 Å². The molecule has 6 nitrogen and oxygen atoms in total. The maximum atomic E-state index is 12.9. The highest BCUT2D eigenvalue weighted by molar-refractivity contribution is 8.00. The Morgan fingerprint density at radius 1 is 1.11 bits per heavy atom. The standard InChI is InChI=1S/C18H16F3N5OS/c1-11-7-9-13(10-8-11)23-15(27)14(12-5-3-2-4-6-12)28-17-25-24-16(26(17)22)18(19,20)21/h2-10,14H,22H2,1H3,(H,23,27)/t14-/m0/s1. The van der Waals surface area contributed by atoms with Crippen LogP contribution in [0.25, 0.3) is 0 Å². The lowest BCUT2D eigenvalue weighted by Gasteiger charge is -2.16. The summed E-state index contributed by atoms with van der Waals surface area (Å²) in [5, 5.41) is 8.26. The molecule has 3 N–H and O–H groups in total. The zero-order valence-corrected chi connectivity index (χ0v) is 15.5. The molecule has 1 atom stereocenters. The first kappa shape index (κ1) is 19.7. The van der Waals surface area contributed by atoms with Gasteiger partial charge in [0.2, 0.25) is 11.1 Å². The van der Waals surface area contributed by atoms with Crippen molar-refractivity contribution in [1.29, 1.82) is 0 Å². The number of halogens is 3. The number of nitrogens with zero attached hydrogens (tertiary/aromatic N) is 3. The molecule has 0 unspecified atom stereocenters. The SMILES string of the molecule is Cc1ccc(NC(=O)[C@@H](Sc2nnc(C(F)(F)F)n2N)c2ccccc2)cc1. The summed E-state index contributed by atoms with van der Waals surface area (Å²) in [5.74, 6) is 3.75. The smallest absolute Gasteiger partial charge is 0.335 e. The van der Waals surface area contributed by atoms with E-state index in [1.807, 2.05) is 19.1 Å². The lowest BCUT2D eigenvalue weighted by Crippen LogP contribution is -2.23. The first-order valence-electron chi connectivity index (χ1n) is 8.12. The summed E-state index contributed by atoms with van der Waals surface area (Å²) in [6, 6.07) is 15.8. The minimum absolute atomic E-state index is 0.222. The Morgan fingerprint density at radius 3 is 2.32 bits per heavy atom. The van der Waals surface area contributed by atoms with Crippen molar-refractivity contribution < 1.29 is 18.0 Å². The Bertz CT molecular complexity index is 958. The monoisotopic (exact) mass is 407 g/mol. The third kappa shape index (κ3) is 4.45. The molecule has 10 heteroatoms. The van der Waals surface area contributed by atoms with E-state index in [1.54, 1.807) is 42.5 Å². The first-order valence-corrected chi connectivity index (χ1v) is 9.00. The molecule has 3 aromatic rings. The fourth-order valence-corrected chi connectivity index (χ4v) is 3.36. The van der Waals surface area contributed by atoms with Gasteiger partial charge in [-0.2, -0.15) is 13.2 Å². The van der Waals surface area contributed by atoms with Crippen molar-refractivity contribution in [3.8, 4) is 0 Å². The van der Waals surface area contributed by atoms with E-state index in [4.69, 9.17) is 5.84 Å². The molecule has 1 aromatic heterocycles. The van der Waals surface area contributed by atoms with Crippen LogP contribution in [0.2, 0.25) is 0 Å². The van der Waals surface area contributed by atoms with Crippen molar-refractivity contribution in [2.24, 2.45) is 0 Å². The topological polar surface area (TPSA) is 85.8 Å². The lowest BCUT2D eigenvalue weighted by atomic mass is 10.1. The highest BCUT2D eigenvalue weighted by Crippen LogP contribution is 2.37. The van der Waals surface area contributed by atoms with Crippen LogP contribution in [0.1, 0.15) is 22.2 Å². The van der Waals surface area contributed by atoms with E-state index in [0.29, 0.717) is 15.9 Å². The van der Waals surface area contributed by atoms with E-state index in [0.717, 1.165) is 17.3 Å². The predicted molar refractivity (Wildman–Crippen MR) is 100 cm³/mol. The van der Waals surface area contributed by atoms with E-state index < -0.39 is 23.2 Å². The zero-order chi connectivity index (χ0) is 20.3. The van der Waals surface area contributed by atoms with E-state index in [1.165, 1.54) is 0 Å². The third-order valence-electron chi connectivity index (χ3n) is 3.80. The number of benzene rings is 2. The molecule has 2 aromatic carbocycles. The Balaban J connectivity index is 1.89. The molecular formula is C18H16F3N5OS. The summed E-state index contributed by atoms with van der Waals surface area (Å²) >= 11 is 0.788. The number of hydrogen-bond acceptors (Lipinski definition) is 5. The zero-order valence-electron chi connectivity index (χ0n) is 14.6. The number of thioether (sulfide) groups is 1. The number of carbonyl (C=O) groups is 1. The van der Waals surface area contributed by atoms with Crippen molar-refractivity contribution in [3.63, 3.8) is 0 Å². The molecule has 0 spiro atoms. The molecule has 0 bridgehead atoms. The highest BCUT2D eigenvalue weighted by atomic mass is 32.2. The number of carbonyl (C=O) groups excluding carboxylic acids is 1. The van der Waals surface area contributed by atoms with Crippen molar-refractivity contribution in [3.05, 3.63) is 71.5 Å². The van der Waals surface area contributed by atoms with E-state index in [2.05, 4.69) is 15.5 Å². The summed E-state index contributed by atoms with van der Waals surface area (Å²) in [5.41, 5.74) is 2.19.